The Kier molecular flexibility index (Phi) is 29.6. The number of thioether (sulfide) groups is 2. The third-order valence-corrected chi connectivity index (χ3v) is 16.4. The number of fused-ring (bicyclic) bond motifs is 2. The fraction of sp³-hybridized carbons (Fsp3) is 0.717. The van der Waals surface area contributed by atoms with Crippen LogP contribution >= 0.6 is 23.5 Å². The number of hydrogen-bond donors (Lipinski definition) is 10. The molecule has 4 rings (SSSR count). The lowest BCUT2D eigenvalue weighted by molar-refractivity contribution is -0.140. The zero-order valence-corrected chi connectivity index (χ0v) is 48.9. The standard InChI is InChI=1S/C53H86N12O14S2/c1-5-36(4)47-51(77)58-41(34-81-33-38-10-8-9-37(56-38)32-80-26-12-42(66)61-53(13-24-79-25-14-53)52(78)59-40(27-35(2)3)49(75)60-47)50(76)57-39(48(54)74)11-6-7-15-55-43(67)28-62-16-18-63(29-44(68)69)20-22-65(31-46(72)73)23-21-64(19-17-62)30-45(70)71/h8-10,35-36,39-41,47H,5-7,11-34H2,1-4H3,(H2,54,74)(H,55,67)(H,57,76)(H,58,77)(H,59,78)(H,60,75)(H,61,66)(H,68,69)(H,70,71)(H,72,73)/t36-,39+,40?,41-,47-/m0/s1. The molecule has 1 aromatic heterocycles. The van der Waals surface area contributed by atoms with Gasteiger partial charge in [-0.05, 0) is 49.7 Å². The van der Waals surface area contributed by atoms with Crippen LogP contribution in [0.2, 0.25) is 0 Å². The second-order valence-electron chi connectivity index (χ2n) is 21.4. The number of carboxylic acid groups (broad SMARTS) is 3. The maximum atomic E-state index is 14.4. The lowest BCUT2D eigenvalue weighted by atomic mass is 9.87. The molecule has 454 valence electrons. The number of amides is 7. The number of primary amides is 1. The number of hydrogen-bond acceptors (Lipinski definition) is 18. The molecule has 2 fully saturated rings. The maximum Gasteiger partial charge on any atom is 0.317 e. The molecule has 0 saturated carbocycles. The Morgan fingerprint density at radius 1 is 0.765 bits per heavy atom. The molecule has 3 aliphatic heterocycles. The van der Waals surface area contributed by atoms with Gasteiger partial charge in [-0.1, -0.05) is 40.2 Å². The highest BCUT2D eigenvalue weighted by molar-refractivity contribution is 7.98. The molecule has 7 amide bonds. The van der Waals surface area contributed by atoms with Crippen LogP contribution in [0.25, 0.3) is 0 Å². The van der Waals surface area contributed by atoms with Gasteiger partial charge in [0.2, 0.25) is 41.4 Å². The van der Waals surface area contributed by atoms with E-state index in [0.717, 1.165) is 5.69 Å². The normalized spacial score (nSPS) is 22.4. The molecule has 5 atom stereocenters. The fourth-order valence-electron chi connectivity index (χ4n) is 9.47. The number of nitrogens with zero attached hydrogens (tertiary/aromatic N) is 5. The van der Waals surface area contributed by atoms with E-state index in [1.165, 1.54) is 23.5 Å². The number of carbonyl (C=O) groups excluding carboxylic acids is 7. The van der Waals surface area contributed by atoms with Gasteiger partial charge < -0.3 is 57.7 Å². The molecule has 81 heavy (non-hydrogen) atoms. The van der Waals surface area contributed by atoms with Crippen LogP contribution in [0.4, 0.5) is 0 Å². The third kappa shape index (κ3) is 25.2. The van der Waals surface area contributed by atoms with E-state index in [1.807, 2.05) is 39.0 Å². The molecule has 28 heteroatoms. The highest BCUT2D eigenvalue weighted by Crippen LogP contribution is 2.24. The molecule has 3 aliphatic rings. The molecule has 1 aromatic rings. The van der Waals surface area contributed by atoms with Crippen molar-refractivity contribution in [1.82, 2.24) is 56.5 Å². The quantitative estimate of drug-likeness (QED) is 0.0693. The second kappa shape index (κ2) is 35.4. The minimum absolute atomic E-state index is 0.0292. The van der Waals surface area contributed by atoms with Gasteiger partial charge in [0, 0.05) is 114 Å². The molecule has 4 heterocycles. The first-order valence-corrected chi connectivity index (χ1v) is 30.2. The molecule has 0 radical (unpaired) electrons. The third-order valence-electron chi connectivity index (χ3n) is 14.3. The average molecular weight is 1180 g/mol. The van der Waals surface area contributed by atoms with Gasteiger partial charge in [-0.25, -0.2) is 0 Å². The summed E-state index contributed by atoms with van der Waals surface area (Å²) in [7, 11) is 0. The summed E-state index contributed by atoms with van der Waals surface area (Å²) in [5.41, 5.74) is 5.99. The number of aromatic nitrogens is 1. The van der Waals surface area contributed by atoms with Gasteiger partial charge in [0.25, 0.3) is 0 Å². The SMILES string of the molecule is CC[C@H](C)[C@@H]1NC(=O)C(CC(C)C)NC(=O)C2(CCOCC2)NC(=O)CCSCc2cccc(n2)CSC[C@@H](C(=O)N[C@H](CCCCNC(=O)CN2CCN(CC(=O)O)CCN(CC(=O)O)CCN(CC(=O)O)CC2)C(N)=O)NC1=O. The maximum absolute atomic E-state index is 14.4. The van der Waals surface area contributed by atoms with Gasteiger partial charge in [-0.2, -0.15) is 23.5 Å². The molecule has 2 bridgehead atoms. The number of aliphatic carboxylic acids is 3. The number of carboxylic acids is 3. The number of rotatable bonds is 20. The minimum Gasteiger partial charge on any atom is -0.480 e. The number of carbonyl (C=O) groups is 10. The summed E-state index contributed by atoms with van der Waals surface area (Å²) in [5.74, 6) is -6.39. The highest BCUT2D eigenvalue weighted by Gasteiger charge is 2.43. The van der Waals surface area contributed by atoms with Crippen molar-refractivity contribution in [1.29, 1.82) is 0 Å². The molecule has 1 unspecified atom stereocenters. The van der Waals surface area contributed by atoms with E-state index in [4.69, 9.17) is 15.5 Å². The number of nitrogens with one attached hydrogen (secondary N) is 6. The van der Waals surface area contributed by atoms with Crippen molar-refractivity contribution < 1.29 is 68.0 Å². The van der Waals surface area contributed by atoms with Crippen LogP contribution in [0.5, 0.6) is 0 Å². The number of nitrogens with two attached hydrogens (primary N) is 1. The lowest BCUT2D eigenvalue weighted by Gasteiger charge is -2.38. The van der Waals surface area contributed by atoms with Gasteiger partial charge >= 0.3 is 17.9 Å². The summed E-state index contributed by atoms with van der Waals surface area (Å²) < 4.78 is 5.57. The molecule has 11 N–H and O–H groups in total. The Balaban J connectivity index is 1.46. The fourth-order valence-corrected chi connectivity index (χ4v) is 11.3. The largest absolute Gasteiger partial charge is 0.480 e. The molecular weight excluding hydrogens is 1090 g/mol. The van der Waals surface area contributed by atoms with Crippen LogP contribution < -0.4 is 37.6 Å². The Morgan fingerprint density at radius 3 is 1.83 bits per heavy atom. The zero-order chi connectivity index (χ0) is 59.5. The molecule has 1 spiro atoms. The van der Waals surface area contributed by atoms with Crippen LogP contribution in [0, 0.1) is 11.8 Å². The topological polar surface area (TPSA) is 365 Å². The first-order valence-electron chi connectivity index (χ1n) is 27.9. The minimum atomic E-state index is -1.33. The van der Waals surface area contributed by atoms with E-state index in [-0.39, 0.29) is 154 Å². The van der Waals surface area contributed by atoms with E-state index < -0.39 is 83.1 Å². The Labute approximate surface area is 482 Å². The Morgan fingerprint density at radius 2 is 1.31 bits per heavy atom. The summed E-state index contributed by atoms with van der Waals surface area (Å²) in [5, 5.41) is 45.7. The van der Waals surface area contributed by atoms with Crippen LogP contribution in [0.1, 0.15) is 90.4 Å². The molecule has 26 nitrogen and oxygen atoms in total. The first kappa shape index (κ1) is 67.9. The Hall–Kier alpha value is -5.65. The van der Waals surface area contributed by atoms with E-state index >= 15 is 0 Å². The van der Waals surface area contributed by atoms with Crippen molar-refractivity contribution in [3.8, 4) is 0 Å². The van der Waals surface area contributed by atoms with Crippen molar-refractivity contribution in [2.24, 2.45) is 17.6 Å². The van der Waals surface area contributed by atoms with Gasteiger partial charge in [-0.3, -0.25) is 72.5 Å². The van der Waals surface area contributed by atoms with Crippen molar-refractivity contribution in [3.05, 3.63) is 29.6 Å². The van der Waals surface area contributed by atoms with Gasteiger partial charge in [0.15, 0.2) is 0 Å². The van der Waals surface area contributed by atoms with Gasteiger partial charge in [0.1, 0.15) is 29.7 Å². The van der Waals surface area contributed by atoms with Crippen molar-refractivity contribution in [2.75, 3.05) is 110 Å². The summed E-state index contributed by atoms with van der Waals surface area (Å²) in [6.07, 6.45) is 1.97. The molecule has 2 saturated heterocycles. The molecule has 0 aliphatic carbocycles. The van der Waals surface area contributed by atoms with Crippen molar-refractivity contribution in [2.45, 2.75) is 120 Å². The summed E-state index contributed by atoms with van der Waals surface area (Å²) in [6.45, 7) is 8.97. The summed E-state index contributed by atoms with van der Waals surface area (Å²) in [4.78, 5) is 143. The van der Waals surface area contributed by atoms with Crippen molar-refractivity contribution in [3.63, 3.8) is 0 Å². The highest BCUT2D eigenvalue weighted by atomic mass is 32.2. The van der Waals surface area contributed by atoms with Gasteiger partial charge in [-0.15, -0.1) is 0 Å². The van der Waals surface area contributed by atoms with Crippen molar-refractivity contribution >= 4 is 82.8 Å². The van der Waals surface area contributed by atoms with Crippen LogP contribution in [0.3, 0.4) is 0 Å². The summed E-state index contributed by atoms with van der Waals surface area (Å²) in [6, 6.07) is 0.922. The number of ether oxygens (including phenoxy) is 1. The zero-order valence-electron chi connectivity index (χ0n) is 47.3. The predicted octanol–water partition coefficient (Wildman–Crippen LogP) is -1.10. The van der Waals surface area contributed by atoms with Crippen LogP contribution in [-0.2, 0) is 64.2 Å². The van der Waals surface area contributed by atoms with E-state index in [0.29, 0.717) is 42.2 Å². The van der Waals surface area contributed by atoms with E-state index in [9.17, 15) is 63.3 Å². The van der Waals surface area contributed by atoms with Crippen LogP contribution in [-0.4, -0.2) is 239 Å². The molecule has 0 aromatic carbocycles. The predicted molar refractivity (Wildman–Crippen MR) is 303 cm³/mol. The second-order valence-corrected chi connectivity index (χ2v) is 23.5. The van der Waals surface area contributed by atoms with E-state index in [2.05, 4.69) is 31.9 Å². The van der Waals surface area contributed by atoms with Gasteiger partial charge in [0.05, 0.1) is 37.6 Å². The molecular formula is C53H86N12O14S2. The monoisotopic (exact) mass is 1180 g/mol. The number of pyridine rings is 1. The number of unbranched alkanes of at least 4 members (excludes halogenated alkanes) is 1. The summed E-state index contributed by atoms with van der Waals surface area (Å²) >= 11 is 2.82. The lowest BCUT2D eigenvalue weighted by Crippen LogP contribution is -2.65. The Bertz CT molecular complexity index is 2250. The van der Waals surface area contributed by atoms with E-state index in [1.54, 1.807) is 26.5 Å². The van der Waals surface area contributed by atoms with Crippen LogP contribution in [0.15, 0.2) is 18.2 Å². The smallest absolute Gasteiger partial charge is 0.317 e. The first-order chi connectivity index (χ1) is 38.6. The average Bonchev–Trinajstić information content (AvgIpc) is 3.46.